The summed E-state index contributed by atoms with van der Waals surface area (Å²) in [6.45, 7) is 0.0818. The molecule has 0 spiro atoms. The van der Waals surface area contributed by atoms with Gasteiger partial charge in [-0.1, -0.05) is 17.0 Å². The lowest BCUT2D eigenvalue weighted by atomic mass is 10.1. The van der Waals surface area contributed by atoms with E-state index in [9.17, 15) is 4.79 Å². The molecule has 0 fully saturated rings. The summed E-state index contributed by atoms with van der Waals surface area (Å²) in [7, 11) is 2.79. The summed E-state index contributed by atoms with van der Waals surface area (Å²) in [5.74, 6) is 5.49. The third kappa shape index (κ3) is 3.44. The van der Waals surface area contributed by atoms with Crippen LogP contribution in [0.25, 0.3) is 10.4 Å². The van der Waals surface area contributed by atoms with Crippen molar-refractivity contribution < 1.29 is 14.3 Å². The summed E-state index contributed by atoms with van der Waals surface area (Å²) < 4.78 is 9.73. The molecular formula is C12H11N3O3. The van der Waals surface area contributed by atoms with Crippen molar-refractivity contribution in [2.75, 3.05) is 20.8 Å². The van der Waals surface area contributed by atoms with Crippen molar-refractivity contribution in [3.63, 3.8) is 0 Å². The van der Waals surface area contributed by atoms with Crippen molar-refractivity contribution in [1.29, 1.82) is 0 Å². The van der Waals surface area contributed by atoms with E-state index in [0.717, 1.165) is 0 Å². The Morgan fingerprint density at radius 1 is 1.50 bits per heavy atom. The maximum Gasteiger partial charge on any atom is 0.337 e. The van der Waals surface area contributed by atoms with E-state index in [2.05, 4.69) is 26.6 Å². The molecule has 0 atom stereocenters. The molecule has 0 aliphatic heterocycles. The Labute approximate surface area is 104 Å². The fourth-order valence-electron chi connectivity index (χ4n) is 1.24. The molecule has 0 unspecified atom stereocenters. The first-order valence-corrected chi connectivity index (χ1v) is 4.99. The van der Waals surface area contributed by atoms with Crippen molar-refractivity contribution in [2.45, 2.75) is 0 Å². The van der Waals surface area contributed by atoms with Gasteiger partial charge in [0.05, 0.1) is 31.9 Å². The van der Waals surface area contributed by atoms with Gasteiger partial charge in [0.15, 0.2) is 0 Å². The molecule has 0 aromatic heterocycles. The van der Waals surface area contributed by atoms with Gasteiger partial charge in [-0.2, -0.15) is 0 Å². The highest BCUT2D eigenvalue weighted by atomic mass is 16.5. The largest absolute Gasteiger partial charge is 0.495 e. The molecule has 6 heteroatoms. The lowest BCUT2D eigenvalue weighted by molar-refractivity contribution is 0.0600. The van der Waals surface area contributed by atoms with Gasteiger partial charge in [-0.3, -0.25) is 0 Å². The van der Waals surface area contributed by atoms with Crippen molar-refractivity contribution in [3.05, 3.63) is 39.8 Å². The van der Waals surface area contributed by atoms with Gasteiger partial charge in [-0.05, 0) is 23.7 Å². The maximum absolute atomic E-state index is 11.3. The van der Waals surface area contributed by atoms with E-state index in [1.54, 1.807) is 18.2 Å². The number of azide groups is 1. The van der Waals surface area contributed by atoms with Gasteiger partial charge >= 0.3 is 5.97 Å². The Bertz CT molecular complexity index is 551. The van der Waals surface area contributed by atoms with E-state index in [4.69, 9.17) is 10.3 Å². The highest BCUT2D eigenvalue weighted by molar-refractivity contribution is 5.90. The molecule has 1 aromatic carbocycles. The lowest BCUT2D eigenvalue weighted by Gasteiger charge is -2.05. The van der Waals surface area contributed by atoms with Crippen LogP contribution in [0.2, 0.25) is 0 Å². The summed E-state index contributed by atoms with van der Waals surface area (Å²) >= 11 is 0. The third-order valence-electron chi connectivity index (χ3n) is 2.06. The van der Waals surface area contributed by atoms with Gasteiger partial charge in [-0.15, -0.1) is 0 Å². The van der Waals surface area contributed by atoms with Crippen LogP contribution in [0.5, 0.6) is 5.75 Å². The van der Waals surface area contributed by atoms with E-state index in [1.807, 2.05) is 0 Å². The van der Waals surface area contributed by atoms with Gasteiger partial charge in [-0.25, -0.2) is 4.79 Å². The fraction of sp³-hybridized carbons (Fsp3) is 0.250. The molecule has 0 aliphatic carbocycles. The number of rotatable bonds is 3. The summed E-state index contributed by atoms with van der Waals surface area (Å²) in [6, 6.07) is 4.78. The third-order valence-corrected chi connectivity index (χ3v) is 2.06. The van der Waals surface area contributed by atoms with Crippen LogP contribution in [-0.2, 0) is 4.74 Å². The number of nitrogens with zero attached hydrogens (tertiary/aromatic N) is 3. The predicted octanol–water partition coefficient (Wildman–Crippen LogP) is 2.14. The first-order chi connectivity index (χ1) is 8.72. The van der Waals surface area contributed by atoms with Gasteiger partial charge in [0, 0.05) is 4.91 Å². The molecule has 0 heterocycles. The zero-order valence-corrected chi connectivity index (χ0v) is 10.0. The number of methoxy groups -OCH3 is 2. The molecule has 0 bridgehead atoms. The molecule has 1 aromatic rings. The first-order valence-electron chi connectivity index (χ1n) is 4.99. The monoisotopic (exact) mass is 245 g/mol. The number of benzene rings is 1. The SMILES string of the molecule is COC(=O)c1ccc(C#CCN=[N+]=[N-])c(OC)c1. The van der Waals surface area contributed by atoms with Crippen LogP contribution in [0.15, 0.2) is 23.3 Å². The Morgan fingerprint density at radius 2 is 2.28 bits per heavy atom. The van der Waals surface area contributed by atoms with Crippen LogP contribution in [0, 0.1) is 11.8 Å². The zero-order chi connectivity index (χ0) is 13.4. The fourth-order valence-corrected chi connectivity index (χ4v) is 1.24. The van der Waals surface area contributed by atoms with Gasteiger partial charge in [0.1, 0.15) is 5.75 Å². The average Bonchev–Trinajstić information content (AvgIpc) is 2.42. The highest BCUT2D eigenvalue weighted by Crippen LogP contribution is 2.19. The Balaban J connectivity index is 3.02. The lowest BCUT2D eigenvalue weighted by Crippen LogP contribution is -2.02. The molecule has 0 radical (unpaired) electrons. The topological polar surface area (TPSA) is 84.3 Å². The molecule has 1 rings (SSSR count). The number of hydrogen-bond donors (Lipinski definition) is 0. The van der Waals surface area contributed by atoms with E-state index in [-0.39, 0.29) is 6.54 Å². The van der Waals surface area contributed by atoms with Crippen LogP contribution in [0.1, 0.15) is 15.9 Å². The van der Waals surface area contributed by atoms with Gasteiger partial charge < -0.3 is 9.47 Å². The van der Waals surface area contributed by atoms with Crippen molar-refractivity contribution in [3.8, 4) is 17.6 Å². The molecule has 6 nitrogen and oxygen atoms in total. The number of carbonyl (C=O) groups is 1. The second-order valence-corrected chi connectivity index (χ2v) is 3.10. The maximum atomic E-state index is 11.3. The van der Waals surface area contributed by atoms with Gasteiger partial charge in [0.25, 0.3) is 0 Å². The number of ether oxygens (including phenoxy) is 2. The molecule has 18 heavy (non-hydrogen) atoms. The molecule has 92 valence electrons. The summed E-state index contributed by atoms with van der Waals surface area (Å²) in [5.41, 5.74) is 9.10. The minimum Gasteiger partial charge on any atom is -0.495 e. The molecule has 0 aliphatic rings. The van der Waals surface area contributed by atoms with Crippen LogP contribution in [0.4, 0.5) is 0 Å². The second kappa shape index (κ2) is 6.84. The van der Waals surface area contributed by atoms with Gasteiger partial charge in [0.2, 0.25) is 0 Å². The summed E-state index contributed by atoms with van der Waals surface area (Å²) in [5, 5.41) is 3.29. The Hall–Kier alpha value is -2.64. The molecular weight excluding hydrogens is 234 g/mol. The normalized spacial score (nSPS) is 8.56. The standard InChI is InChI=1S/C12H11N3O3/c1-17-11-8-10(12(16)18-2)6-5-9(11)4-3-7-14-15-13/h5-6,8H,7H2,1-2H3. The predicted molar refractivity (Wildman–Crippen MR) is 65.2 cm³/mol. The van der Waals surface area contributed by atoms with E-state index in [1.165, 1.54) is 14.2 Å². The molecule has 0 N–H and O–H groups in total. The van der Waals surface area contributed by atoms with E-state index < -0.39 is 5.97 Å². The number of hydrogen-bond acceptors (Lipinski definition) is 4. The van der Waals surface area contributed by atoms with Crippen molar-refractivity contribution >= 4 is 5.97 Å². The summed E-state index contributed by atoms with van der Waals surface area (Å²) in [6.07, 6.45) is 0. The molecule has 0 saturated carbocycles. The smallest absolute Gasteiger partial charge is 0.337 e. The zero-order valence-electron chi connectivity index (χ0n) is 10.0. The Kier molecular flexibility index (Phi) is 5.10. The summed E-state index contributed by atoms with van der Waals surface area (Å²) in [4.78, 5) is 13.9. The number of esters is 1. The quantitative estimate of drug-likeness (QED) is 0.269. The van der Waals surface area contributed by atoms with Crippen molar-refractivity contribution in [2.24, 2.45) is 5.11 Å². The highest BCUT2D eigenvalue weighted by Gasteiger charge is 2.08. The second-order valence-electron chi connectivity index (χ2n) is 3.10. The average molecular weight is 245 g/mol. The van der Waals surface area contributed by atoms with Crippen LogP contribution < -0.4 is 4.74 Å². The Morgan fingerprint density at radius 3 is 2.89 bits per heavy atom. The number of carbonyl (C=O) groups excluding carboxylic acids is 1. The van der Waals surface area contributed by atoms with Crippen LogP contribution >= 0.6 is 0 Å². The van der Waals surface area contributed by atoms with Crippen LogP contribution in [0.3, 0.4) is 0 Å². The van der Waals surface area contributed by atoms with E-state index in [0.29, 0.717) is 16.9 Å². The first kappa shape index (κ1) is 13.4. The minimum atomic E-state index is -0.443. The van der Waals surface area contributed by atoms with Crippen molar-refractivity contribution in [1.82, 2.24) is 0 Å². The van der Waals surface area contributed by atoms with Crippen LogP contribution in [-0.4, -0.2) is 26.7 Å². The minimum absolute atomic E-state index is 0.0818. The molecule has 0 amide bonds. The van der Waals surface area contributed by atoms with E-state index >= 15 is 0 Å². The molecule has 0 saturated heterocycles.